The van der Waals surface area contributed by atoms with Crippen molar-refractivity contribution in [2.45, 2.75) is 26.0 Å². The first-order valence-electron chi connectivity index (χ1n) is 7.90. The van der Waals surface area contributed by atoms with E-state index in [-0.39, 0.29) is 36.0 Å². The quantitative estimate of drug-likeness (QED) is 0.891. The standard InChI is InChI=1S/C17H18FN3O4/c1-11(22)19-13-5-6-21(8-13)17(23)15-9-25-16(20-15)10-24-14-4-2-3-12(18)7-14/h2-4,7,9,13H,5-6,8,10H2,1H3,(H,19,22). The zero-order valence-corrected chi connectivity index (χ0v) is 13.7. The maximum absolute atomic E-state index is 13.1. The van der Waals surface area contributed by atoms with Crippen LogP contribution in [0.4, 0.5) is 4.39 Å². The van der Waals surface area contributed by atoms with Crippen LogP contribution < -0.4 is 10.1 Å². The Morgan fingerprint density at radius 2 is 2.32 bits per heavy atom. The zero-order valence-electron chi connectivity index (χ0n) is 13.7. The number of carbonyl (C=O) groups is 2. The molecule has 25 heavy (non-hydrogen) atoms. The summed E-state index contributed by atoms with van der Waals surface area (Å²) in [5.41, 5.74) is 0.182. The minimum Gasteiger partial charge on any atom is -0.484 e. The molecule has 1 aromatic carbocycles. The Labute approximate surface area is 143 Å². The molecule has 2 amide bonds. The van der Waals surface area contributed by atoms with Crippen LogP contribution in [0.3, 0.4) is 0 Å². The van der Waals surface area contributed by atoms with Crippen molar-refractivity contribution in [1.82, 2.24) is 15.2 Å². The molecule has 0 saturated carbocycles. The van der Waals surface area contributed by atoms with Gasteiger partial charge in [0.05, 0.1) is 0 Å². The first-order chi connectivity index (χ1) is 12.0. The number of rotatable bonds is 5. The monoisotopic (exact) mass is 347 g/mol. The Balaban J connectivity index is 1.56. The van der Waals surface area contributed by atoms with E-state index in [1.807, 2.05) is 0 Å². The molecular formula is C17H18FN3O4. The summed E-state index contributed by atoms with van der Waals surface area (Å²) >= 11 is 0. The molecule has 0 radical (unpaired) electrons. The highest BCUT2D eigenvalue weighted by molar-refractivity contribution is 5.92. The molecule has 1 unspecified atom stereocenters. The first-order valence-corrected chi connectivity index (χ1v) is 7.90. The van der Waals surface area contributed by atoms with Crippen molar-refractivity contribution in [2.75, 3.05) is 13.1 Å². The van der Waals surface area contributed by atoms with Crippen LogP contribution in [-0.2, 0) is 11.4 Å². The van der Waals surface area contributed by atoms with E-state index in [0.717, 1.165) is 0 Å². The molecule has 0 bridgehead atoms. The first kappa shape index (κ1) is 16.9. The van der Waals surface area contributed by atoms with Gasteiger partial charge in [-0.2, -0.15) is 0 Å². The van der Waals surface area contributed by atoms with Gasteiger partial charge < -0.3 is 19.4 Å². The summed E-state index contributed by atoms with van der Waals surface area (Å²) in [4.78, 5) is 29.2. The molecule has 1 aromatic heterocycles. The van der Waals surface area contributed by atoms with Gasteiger partial charge in [0.15, 0.2) is 12.3 Å². The molecule has 7 nitrogen and oxygen atoms in total. The Morgan fingerprint density at radius 3 is 3.08 bits per heavy atom. The van der Waals surface area contributed by atoms with Gasteiger partial charge in [-0.05, 0) is 18.6 Å². The molecule has 1 atom stereocenters. The predicted octanol–water partition coefficient (Wildman–Crippen LogP) is 1.74. The summed E-state index contributed by atoms with van der Waals surface area (Å²) in [6, 6.07) is 5.68. The van der Waals surface area contributed by atoms with E-state index in [0.29, 0.717) is 25.3 Å². The fourth-order valence-electron chi connectivity index (χ4n) is 2.69. The van der Waals surface area contributed by atoms with E-state index in [1.54, 1.807) is 11.0 Å². The van der Waals surface area contributed by atoms with Gasteiger partial charge in [-0.25, -0.2) is 9.37 Å². The molecule has 1 fully saturated rings. The van der Waals surface area contributed by atoms with Crippen molar-refractivity contribution in [3.8, 4) is 5.75 Å². The third-order valence-corrected chi connectivity index (χ3v) is 3.81. The minimum atomic E-state index is -0.400. The number of benzene rings is 1. The van der Waals surface area contributed by atoms with Crippen LogP contribution in [0.5, 0.6) is 5.75 Å². The Hall–Kier alpha value is -2.90. The summed E-state index contributed by atoms with van der Waals surface area (Å²) in [6.07, 6.45) is 1.98. The number of nitrogens with one attached hydrogen (secondary N) is 1. The van der Waals surface area contributed by atoms with Crippen molar-refractivity contribution < 1.29 is 23.1 Å². The van der Waals surface area contributed by atoms with Crippen LogP contribution >= 0.6 is 0 Å². The van der Waals surface area contributed by atoms with Crippen LogP contribution in [-0.4, -0.2) is 40.8 Å². The van der Waals surface area contributed by atoms with Crippen molar-refractivity contribution in [1.29, 1.82) is 0 Å². The number of nitrogens with zero attached hydrogens (tertiary/aromatic N) is 2. The van der Waals surface area contributed by atoms with E-state index in [4.69, 9.17) is 9.15 Å². The largest absolute Gasteiger partial charge is 0.484 e. The lowest BCUT2D eigenvalue weighted by Crippen LogP contribution is -2.37. The van der Waals surface area contributed by atoms with Crippen LogP contribution in [0.15, 0.2) is 34.9 Å². The van der Waals surface area contributed by atoms with E-state index < -0.39 is 5.82 Å². The summed E-state index contributed by atoms with van der Waals surface area (Å²) in [7, 11) is 0. The van der Waals surface area contributed by atoms with Gasteiger partial charge in [0.25, 0.3) is 5.91 Å². The van der Waals surface area contributed by atoms with Crippen LogP contribution in [0.1, 0.15) is 29.7 Å². The van der Waals surface area contributed by atoms with E-state index in [9.17, 15) is 14.0 Å². The van der Waals surface area contributed by atoms with Crippen molar-refractivity contribution in [2.24, 2.45) is 0 Å². The van der Waals surface area contributed by atoms with Gasteiger partial charge in [-0.3, -0.25) is 9.59 Å². The summed E-state index contributed by atoms with van der Waals surface area (Å²) in [5.74, 6) is -0.191. The number of ether oxygens (including phenoxy) is 1. The molecule has 1 aliphatic heterocycles. The van der Waals surface area contributed by atoms with Crippen LogP contribution in [0.25, 0.3) is 0 Å². The van der Waals surface area contributed by atoms with Crippen LogP contribution in [0, 0.1) is 5.82 Å². The maximum atomic E-state index is 13.1. The van der Waals surface area contributed by atoms with Gasteiger partial charge in [0, 0.05) is 32.1 Å². The highest BCUT2D eigenvalue weighted by atomic mass is 19.1. The Bertz CT molecular complexity index is 777. The molecule has 0 aliphatic carbocycles. The average molecular weight is 347 g/mol. The summed E-state index contributed by atoms with van der Waals surface area (Å²) in [5, 5.41) is 2.80. The van der Waals surface area contributed by atoms with E-state index >= 15 is 0 Å². The Kier molecular flexibility index (Phi) is 4.97. The number of halogens is 1. The zero-order chi connectivity index (χ0) is 17.8. The molecule has 1 saturated heterocycles. The number of aromatic nitrogens is 1. The number of carbonyl (C=O) groups excluding carboxylic acids is 2. The second-order valence-electron chi connectivity index (χ2n) is 5.81. The van der Waals surface area contributed by atoms with Gasteiger partial charge in [-0.1, -0.05) is 6.07 Å². The number of likely N-dealkylation sites (tertiary alicyclic amines) is 1. The number of amides is 2. The number of oxazole rings is 1. The third kappa shape index (κ3) is 4.34. The average Bonchev–Trinajstić information content (AvgIpc) is 3.21. The van der Waals surface area contributed by atoms with Crippen molar-refractivity contribution >= 4 is 11.8 Å². The van der Waals surface area contributed by atoms with Crippen molar-refractivity contribution in [3.05, 3.63) is 47.9 Å². The van der Waals surface area contributed by atoms with Gasteiger partial charge in [0.1, 0.15) is 17.8 Å². The SMILES string of the molecule is CC(=O)NC1CCN(C(=O)c2coc(COc3cccc(F)c3)n2)C1. The fourth-order valence-corrected chi connectivity index (χ4v) is 2.69. The van der Waals surface area contributed by atoms with Gasteiger partial charge in [-0.15, -0.1) is 0 Å². The van der Waals surface area contributed by atoms with E-state index in [1.165, 1.54) is 31.4 Å². The molecule has 8 heteroatoms. The summed E-state index contributed by atoms with van der Waals surface area (Å²) in [6.45, 7) is 2.43. The van der Waals surface area contributed by atoms with Crippen molar-refractivity contribution in [3.63, 3.8) is 0 Å². The lowest BCUT2D eigenvalue weighted by atomic mass is 10.2. The topological polar surface area (TPSA) is 84.7 Å². The predicted molar refractivity (Wildman–Crippen MR) is 85.4 cm³/mol. The molecular weight excluding hydrogens is 329 g/mol. The van der Waals surface area contributed by atoms with Crippen LogP contribution in [0.2, 0.25) is 0 Å². The number of hydrogen-bond donors (Lipinski definition) is 1. The molecule has 1 N–H and O–H groups in total. The Morgan fingerprint density at radius 1 is 1.48 bits per heavy atom. The summed E-state index contributed by atoms with van der Waals surface area (Å²) < 4.78 is 23.7. The van der Waals surface area contributed by atoms with Gasteiger partial charge in [0.2, 0.25) is 11.8 Å². The molecule has 3 rings (SSSR count). The molecule has 2 heterocycles. The van der Waals surface area contributed by atoms with Gasteiger partial charge >= 0.3 is 0 Å². The molecule has 132 valence electrons. The lowest BCUT2D eigenvalue weighted by molar-refractivity contribution is -0.119. The maximum Gasteiger partial charge on any atom is 0.275 e. The minimum absolute atomic E-state index is 0.00868. The third-order valence-electron chi connectivity index (χ3n) is 3.81. The van der Waals surface area contributed by atoms with E-state index in [2.05, 4.69) is 10.3 Å². The highest BCUT2D eigenvalue weighted by Gasteiger charge is 2.29. The normalized spacial score (nSPS) is 16.7. The molecule has 0 spiro atoms. The second kappa shape index (κ2) is 7.33. The molecule has 1 aliphatic rings. The fraction of sp³-hybridized carbons (Fsp3) is 0.353. The lowest BCUT2D eigenvalue weighted by Gasteiger charge is -2.15. The smallest absolute Gasteiger partial charge is 0.275 e. The highest BCUT2D eigenvalue weighted by Crippen LogP contribution is 2.16. The second-order valence-corrected chi connectivity index (χ2v) is 5.81. The number of hydrogen-bond acceptors (Lipinski definition) is 5. The molecule has 2 aromatic rings.